The quantitative estimate of drug-likeness (QED) is 0.825. The third-order valence-electron chi connectivity index (χ3n) is 2.32. The van der Waals surface area contributed by atoms with Gasteiger partial charge in [0, 0.05) is 30.8 Å². The van der Waals surface area contributed by atoms with E-state index in [0.717, 1.165) is 20.1 Å². The van der Waals surface area contributed by atoms with Crippen molar-refractivity contribution in [2.75, 3.05) is 17.7 Å². The molecular formula is C13H13BrN4OS. The Bertz CT molecular complexity index is 618. The highest BCUT2D eigenvalue weighted by atomic mass is 79.9. The zero-order chi connectivity index (χ0) is 14.5. The normalized spacial score (nSPS) is 10.2. The van der Waals surface area contributed by atoms with Crippen LogP contribution in [0.2, 0.25) is 0 Å². The largest absolute Gasteiger partial charge is 0.357 e. The fourth-order valence-corrected chi connectivity index (χ4v) is 2.68. The van der Waals surface area contributed by atoms with Crippen LogP contribution in [-0.4, -0.2) is 22.9 Å². The number of aromatic nitrogens is 2. The van der Waals surface area contributed by atoms with Gasteiger partial charge in [-0.3, -0.25) is 4.79 Å². The van der Waals surface area contributed by atoms with Crippen LogP contribution in [-0.2, 0) is 4.79 Å². The van der Waals surface area contributed by atoms with Gasteiger partial charge in [0.25, 0.3) is 0 Å². The molecular weight excluding hydrogens is 340 g/mol. The number of benzene rings is 1. The van der Waals surface area contributed by atoms with E-state index in [1.54, 1.807) is 13.2 Å². The molecule has 5 nitrogen and oxygen atoms in total. The lowest BCUT2D eigenvalue weighted by Gasteiger charge is -2.06. The van der Waals surface area contributed by atoms with E-state index >= 15 is 0 Å². The van der Waals surface area contributed by atoms with Crippen LogP contribution < -0.4 is 10.6 Å². The van der Waals surface area contributed by atoms with Gasteiger partial charge in [0.05, 0.1) is 4.47 Å². The van der Waals surface area contributed by atoms with E-state index in [4.69, 9.17) is 0 Å². The summed E-state index contributed by atoms with van der Waals surface area (Å²) in [4.78, 5) is 20.5. The lowest BCUT2D eigenvalue weighted by atomic mass is 10.3. The molecule has 2 aromatic rings. The molecule has 2 N–H and O–H groups in total. The molecule has 7 heteroatoms. The Morgan fingerprint density at radius 2 is 2.00 bits per heavy atom. The molecule has 0 fully saturated rings. The van der Waals surface area contributed by atoms with Gasteiger partial charge in [0.15, 0.2) is 0 Å². The summed E-state index contributed by atoms with van der Waals surface area (Å²) in [6.45, 7) is 1.49. The molecule has 0 aliphatic carbocycles. The molecule has 0 saturated carbocycles. The standard InChI is InChI=1S/C13H13BrN4OS/c1-8(19)17-9-3-5-10(6-4-9)20-12-11(14)7-16-13(15-2)18-12/h3-7H,1-2H3,(H,17,19)(H,15,16,18). The number of halogens is 1. The minimum atomic E-state index is -0.0809. The molecule has 0 spiro atoms. The first-order valence-corrected chi connectivity index (χ1v) is 7.45. The van der Waals surface area contributed by atoms with E-state index in [0.29, 0.717) is 5.95 Å². The Balaban J connectivity index is 2.15. The van der Waals surface area contributed by atoms with Crippen molar-refractivity contribution in [2.45, 2.75) is 16.8 Å². The second-order valence-corrected chi connectivity index (χ2v) is 5.82. The number of hydrogen-bond acceptors (Lipinski definition) is 5. The number of hydrogen-bond donors (Lipinski definition) is 2. The summed E-state index contributed by atoms with van der Waals surface area (Å²) < 4.78 is 0.840. The summed E-state index contributed by atoms with van der Waals surface area (Å²) in [5, 5.41) is 6.47. The molecule has 1 aromatic carbocycles. The first-order chi connectivity index (χ1) is 9.58. The van der Waals surface area contributed by atoms with E-state index in [2.05, 4.69) is 36.5 Å². The molecule has 0 atom stereocenters. The van der Waals surface area contributed by atoms with Crippen LogP contribution in [0, 0.1) is 0 Å². The van der Waals surface area contributed by atoms with Crippen molar-refractivity contribution in [2.24, 2.45) is 0 Å². The van der Waals surface area contributed by atoms with Gasteiger partial charge in [0.2, 0.25) is 11.9 Å². The van der Waals surface area contributed by atoms with Gasteiger partial charge < -0.3 is 10.6 Å². The predicted molar refractivity (Wildman–Crippen MR) is 84.1 cm³/mol. The average molecular weight is 353 g/mol. The van der Waals surface area contributed by atoms with Crippen LogP contribution in [0.5, 0.6) is 0 Å². The van der Waals surface area contributed by atoms with Crippen molar-refractivity contribution >= 4 is 45.2 Å². The van der Waals surface area contributed by atoms with Crippen LogP contribution in [0.3, 0.4) is 0 Å². The summed E-state index contributed by atoms with van der Waals surface area (Å²) in [6.07, 6.45) is 1.72. The van der Waals surface area contributed by atoms with Crippen molar-refractivity contribution < 1.29 is 4.79 Å². The van der Waals surface area contributed by atoms with Gasteiger partial charge in [0.1, 0.15) is 5.03 Å². The molecule has 20 heavy (non-hydrogen) atoms. The molecule has 1 heterocycles. The van der Waals surface area contributed by atoms with E-state index in [1.165, 1.54) is 18.7 Å². The zero-order valence-electron chi connectivity index (χ0n) is 11.0. The smallest absolute Gasteiger partial charge is 0.223 e. The summed E-state index contributed by atoms with van der Waals surface area (Å²) in [7, 11) is 1.78. The molecule has 0 bridgehead atoms. The maximum atomic E-state index is 11.0. The second kappa shape index (κ2) is 6.71. The first kappa shape index (κ1) is 14.8. The number of amides is 1. The molecule has 1 aromatic heterocycles. The van der Waals surface area contributed by atoms with Gasteiger partial charge in [-0.05, 0) is 40.2 Å². The molecule has 2 rings (SSSR count). The van der Waals surface area contributed by atoms with Gasteiger partial charge >= 0.3 is 0 Å². The summed E-state index contributed by atoms with van der Waals surface area (Å²) >= 11 is 4.95. The molecule has 1 amide bonds. The Labute approximate surface area is 129 Å². The first-order valence-electron chi connectivity index (χ1n) is 5.84. The highest BCUT2D eigenvalue weighted by Gasteiger charge is 2.07. The van der Waals surface area contributed by atoms with Gasteiger partial charge in [-0.1, -0.05) is 11.8 Å². The molecule has 0 saturated heterocycles. The SMILES string of the molecule is CNc1ncc(Br)c(Sc2ccc(NC(C)=O)cc2)n1. The summed E-state index contributed by atoms with van der Waals surface area (Å²) in [6, 6.07) is 7.59. The van der Waals surface area contributed by atoms with Crippen molar-refractivity contribution in [3.63, 3.8) is 0 Å². The number of nitrogens with one attached hydrogen (secondary N) is 2. The maximum Gasteiger partial charge on any atom is 0.223 e. The van der Waals surface area contributed by atoms with Gasteiger partial charge in [-0.2, -0.15) is 0 Å². The molecule has 0 radical (unpaired) electrons. The Morgan fingerprint density at radius 3 is 2.60 bits per heavy atom. The number of carbonyl (C=O) groups is 1. The van der Waals surface area contributed by atoms with E-state index < -0.39 is 0 Å². The van der Waals surface area contributed by atoms with Crippen LogP contribution in [0.25, 0.3) is 0 Å². The fraction of sp³-hybridized carbons (Fsp3) is 0.154. The lowest BCUT2D eigenvalue weighted by Crippen LogP contribution is -2.05. The van der Waals surface area contributed by atoms with Crippen LogP contribution in [0.1, 0.15) is 6.92 Å². The van der Waals surface area contributed by atoms with Crippen molar-refractivity contribution in [1.29, 1.82) is 0 Å². The second-order valence-electron chi connectivity index (χ2n) is 3.90. The third-order valence-corrected chi connectivity index (χ3v) is 4.18. The maximum absolute atomic E-state index is 11.0. The van der Waals surface area contributed by atoms with Crippen LogP contribution in [0.15, 0.2) is 44.9 Å². The fourth-order valence-electron chi connectivity index (χ4n) is 1.46. The Kier molecular flexibility index (Phi) is 4.97. The monoisotopic (exact) mass is 352 g/mol. The van der Waals surface area contributed by atoms with E-state index in [1.807, 2.05) is 24.3 Å². The van der Waals surface area contributed by atoms with E-state index in [-0.39, 0.29) is 5.91 Å². The van der Waals surface area contributed by atoms with Crippen molar-refractivity contribution in [3.05, 3.63) is 34.9 Å². The highest BCUT2D eigenvalue weighted by molar-refractivity contribution is 9.10. The summed E-state index contributed by atoms with van der Waals surface area (Å²) in [5.74, 6) is 0.494. The number of carbonyl (C=O) groups excluding carboxylic acids is 1. The van der Waals surface area contributed by atoms with Gasteiger partial charge in [-0.25, -0.2) is 9.97 Å². The molecule has 104 valence electrons. The predicted octanol–water partition coefficient (Wildman–Crippen LogP) is 3.39. The lowest BCUT2D eigenvalue weighted by molar-refractivity contribution is -0.114. The highest BCUT2D eigenvalue weighted by Crippen LogP contribution is 2.32. The van der Waals surface area contributed by atoms with Crippen LogP contribution in [0.4, 0.5) is 11.6 Å². The Morgan fingerprint density at radius 1 is 1.30 bits per heavy atom. The molecule has 0 unspecified atom stereocenters. The zero-order valence-corrected chi connectivity index (χ0v) is 13.4. The van der Waals surface area contributed by atoms with Crippen molar-refractivity contribution in [1.82, 2.24) is 9.97 Å². The number of rotatable bonds is 4. The summed E-state index contributed by atoms with van der Waals surface area (Å²) in [5.41, 5.74) is 0.777. The average Bonchev–Trinajstić information content (AvgIpc) is 2.43. The van der Waals surface area contributed by atoms with Crippen LogP contribution >= 0.6 is 27.7 Å². The Hall–Kier alpha value is -1.60. The van der Waals surface area contributed by atoms with E-state index in [9.17, 15) is 4.79 Å². The van der Waals surface area contributed by atoms with Gasteiger partial charge in [-0.15, -0.1) is 0 Å². The van der Waals surface area contributed by atoms with Crippen molar-refractivity contribution in [3.8, 4) is 0 Å². The topological polar surface area (TPSA) is 66.9 Å². The minimum absolute atomic E-state index is 0.0809. The minimum Gasteiger partial charge on any atom is -0.357 e. The number of nitrogens with zero attached hydrogens (tertiary/aromatic N) is 2. The number of anilines is 2. The molecule has 0 aliphatic heterocycles. The molecule has 0 aliphatic rings. The third kappa shape index (κ3) is 3.94.